The fourth-order valence-corrected chi connectivity index (χ4v) is 3.81. The summed E-state index contributed by atoms with van der Waals surface area (Å²) in [4.78, 5) is 37.4. The number of alkyl carbamates (subject to hydrolysis) is 1. The molecule has 0 aliphatic carbocycles. The SMILES string of the molecule is COC(=O)/C(NC(=O)OCc1ccccc1)=C(/C(=O)OC)[C@H](C)O[Si](C)(C)C(C)(C)C. The maximum Gasteiger partial charge on any atom is 0.412 e. The molecule has 1 aromatic rings. The van der Waals surface area contributed by atoms with E-state index in [4.69, 9.17) is 18.6 Å². The number of carbonyl (C=O) groups excluding carboxylic acids is 3. The number of rotatable bonds is 8. The van der Waals surface area contributed by atoms with E-state index in [1.807, 2.05) is 52.1 Å². The summed E-state index contributed by atoms with van der Waals surface area (Å²) in [5.74, 6) is -1.72. The molecule has 0 bridgehead atoms. The smallest absolute Gasteiger partial charge is 0.412 e. The molecule has 0 heterocycles. The number of amides is 1. The monoisotopic (exact) mass is 451 g/mol. The van der Waals surface area contributed by atoms with Crippen LogP contribution >= 0.6 is 0 Å². The van der Waals surface area contributed by atoms with Gasteiger partial charge in [0, 0.05) is 0 Å². The number of carbonyl (C=O) groups is 3. The normalized spacial score (nSPS) is 13.5. The van der Waals surface area contributed by atoms with Gasteiger partial charge in [-0.25, -0.2) is 14.4 Å². The highest BCUT2D eigenvalue weighted by molar-refractivity contribution is 6.74. The van der Waals surface area contributed by atoms with Gasteiger partial charge in [0.1, 0.15) is 12.3 Å². The molecule has 1 rings (SSSR count). The van der Waals surface area contributed by atoms with Crippen LogP contribution in [0.2, 0.25) is 18.1 Å². The van der Waals surface area contributed by atoms with Crippen LogP contribution in [0, 0.1) is 0 Å². The predicted octanol–water partition coefficient (Wildman–Crippen LogP) is 3.92. The van der Waals surface area contributed by atoms with Crippen LogP contribution in [0.4, 0.5) is 4.79 Å². The highest BCUT2D eigenvalue weighted by Gasteiger charge is 2.41. The van der Waals surface area contributed by atoms with Gasteiger partial charge in [0.2, 0.25) is 0 Å². The molecule has 1 amide bonds. The highest BCUT2D eigenvalue weighted by Crippen LogP contribution is 2.38. The number of esters is 2. The second kappa shape index (κ2) is 11.1. The van der Waals surface area contributed by atoms with E-state index in [0.717, 1.165) is 12.7 Å². The third kappa shape index (κ3) is 7.52. The zero-order valence-corrected chi connectivity index (χ0v) is 20.5. The molecular weight excluding hydrogens is 418 g/mol. The lowest BCUT2D eigenvalue weighted by atomic mass is 10.1. The molecule has 0 saturated carbocycles. The minimum atomic E-state index is -2.32. The number of ether oxygens (including phenoxy) is 3. The van der Waals surface area contributed by atoms with Gasteiger partial charge in [-0.05, 0) is 30.6 Å². The predicted molar refractivity (Wildman–Crippen MR) is 119 cm³/mol. The number of hydrogen-bond donors (Lipinski definition) is 1. The first-order valence-electron chi connectivity index (χ1n) is 9.90. The van der Waals surface area contributed by atoms with Gasteiger partial charge in [-0.1, -0.05) is 51.1 Å². The molecule has 1 aromatic carbocycles. The Hall–Kier alpha value is -2.65. The van der Waals surface area contributed by atoms with Crippen molar-refractivity contribution in [1.29, 1.82) is 0 Å². The van der Waals surface area contributed by atoms with Crippen molar-refractivity contribution in [2.24, 2.45) is 0 Å². The topological polar surface area (TPSA) is 100 Å². The first-order valence-corrected chi connectivity index (χ1v) is 12.8. The zero-order valence-electron chi connectivity index (χ0n) is 19.5. The van der Waals surface area contributed by atoms with Crippen LogP contribution in [0.5, 0.6) is 0 Å². The molecule has 0 spiro atoms. The summed E-state index contributed by atoms with van der Waals surface area (Å²) in [6.45, 7) is 11.8. The fraction of sp³-hybridized carbons (Fsp3) is 0.500. The summed E-state index contributed by atoms with van der Waals surface area (Å²) in [6, 6.07) is 9.05. The number of methoxy groups -OCH3 is 2. The third-order valence-electron chi connectivity index (χ3n) is 5.19. The largest absolute Gasteiger partial charge is 0.466 e. The average Bonchev–Trinajstić information content (AvgIpc) is 2.70. The van der Waals surface area contributed by atoms with Crippen LogP contribution < -0.4 is 5.32 Å². The van der Waals surface area contributed by atoms with Crippen molar-refractivity contribution >= 4 is 26.3 Å². The van der Waals surface area contributed by atoms with Crippen molar-refractivity contribution in [3.8, 4) is 0 Å². The lowest BCUT2D eigenvalue weighted by molar-refractivity contribution is -0.140. The summed E-state index contributed by atoms with van der Waals surface area (Å²) < 4.78 is 21.1. The molecule has 0 aliphatic rings. The summed E-state index contributed by atoms with van der Waals surface area (Å²) in [7, 11) is 0.0135. The minimum Gasteiger partial charge on any atom is -0.466 e. The standard InChI is InChI=1S/C22H33NO7Si/c1-15(30-31(7,8)22(2,3)4)17(19(24)27-5)18(20(25)28-6)23-21(26)29-14-16-12-10-9-11-13-16/h9-13,15H,14H2,1-8H3,(H,23,26)/b18-17-/t15-/m0/s1. The van der Waals surface area contributed by atoms with Crippen LogP contribution in [0.1, 0.15) is 33.3 Å². The van der Waals surface area contributed by atoms with Crippen molar-refractivity contribution in [1.82, 2.24) is 5.32 Å². The van der Waals surface area contributed by atoms with Crippen molar-refractivity contribution in [2.75, 3.05) is 14.2 Å². The Morgan fingerprint density at radius 2 is 1.55 bits per heavy atom. The average molecular weight is 452 g/mol. The third-order valence-corrected chi connectivity index (χ3v) is 9.74. The van der Waals surface area contributed by atoms with Crippen LogP contribution in [0.15, 0.2) is 41.6 Å². The van der Waals surface area contributed by atoms with E-state index in [1.54, 1.807) is 19.1 Å². The van der Waals surface area contributed by atoms with Gasteiger partial charge in [-0.15, -0.1) is 0 Å². The number of benzene rings is 1. The molecule has 0 radical (unpaired) electrons. The van der Waals surface area contributed by atoms with E-state index in [0.29, 0.717) is 0 Å². The van der Waals surface area contributed by atoms with Gasteiger partial charge >= 0.3 is 18.0 Å². The van der Waals surface area contributed by atoms with Crippen LogP contribution in [-0.2, 0) is 34.8 Å². The molecule has 1 N–H and O–H groups in total. The van der Waals surface area contributed by atoms with Crippen molar-refractivity contribution in [3.63, 3.8) is 0 Å². The second-order valence-corrected chi connectivity index (χ2v) is 13.2. The van der Waals surface area contributed by atoms with E-state index in [-0.39, 0.29) is 22.9 Å². The molecule has 9 heteroatoms. The van der Waals surface area contributed by atoms with Gasteiger partial charge in [0.25, 0.3) is 0 Å². The molecule has 0 aliphatic heterocycles. The Labute approximate surface area is 185 Å². The van der Waals surface area contributed by atoms with Crippen LogP contribution in [0.3, 0.4) is 0 Å². The minimum absolute atomic E-state index is 0.00922. The number of nitrogens with one attached hydrogen (secondary N) is 1. The summed E-state index contributed by atoms with van der Waals surface area (Å²) in [5, 5.41) is 2.19. The Morgan fingerprint density at radius 1 is 1.00 bits per heavy atom. The summed E-state index contributed by atoms with van der Waals surface area (Å²) in [6.07, 6.45) is -1.75. The number of hydrogen-bond acceptors (Lipinski definition) is 7. The van der Waals surface area contributed by atoms with Crippen molar-refractivity contribution in [3.05, 3.63) is 47.2 Å². The van der Waals surface area contributed by atoms with Gasteiger partial charge in [0.05, 0.1) is 25.9 Å². The Morgan fingerprint density at radius 3 is 2.03 bits per heavy atom. The molecule has 1 atom stereocenters. The second-order valence-electron chi connectivity index (χ2n) is 8.48. The van der Waals surface area contributed by atoms with Crippen LogP contribution in [-0.4, -0.2) is 46.7 Å². The molecule has 0 saturated heterocycles. The Balaban J connectivity index is 3.23. The van der Waals surface area contributed by atoms with Gasteiger partial charge < -0.3 is 18.6 Å². The lowest BCUT2D eigenvalue weighted by Crippen LogP contribution is -2.45. The quantitative estimate of drug-likeness (QED) is 0.277. The van der Waals surface area contributed by atoms with Gasteiger partial charge in [-0.3, -0.25) is 5.32 Å². The molecule has 31 heavy (non-hydrogen) atoms. The lowest BCUT2D eigenvalue weighted by Gasteiger charge is -2.38. The van der Waals surface area contributed by atoms with Gasteiger partial charge in [0.15, 0.2) is 8.32 Å². The highest BCUT2D eigenvalue weighted by atomic mass is 28.4. The summed E-state index contributed by atoms with van der Waals surface area (Å²) in [5.41, 5.74) is 0.249. The molecule has 172 valence electrons. The maximum absolute atomic E-state index is 12.6. The molecule has 0 fully saturated rings. The maximum atomic E-state index is 12.6. The van der Waals surface area contributed by atoms with E-state index >= 15 is 0 Å². The fourth-order valence-electron chi connectivity index (χ4n) is 2.45. The van der Waals surface area contributed by atoms with Crippen molar-refractivity contribution in [2.45, 2.75) is 58.5 Å². The molecule has 0 unspecified atom stereocenters. The first kappa shape index (κ1) is 26.4. The molecular formula is C22H33NO7Si. The van der Waals surface area contributed by atoms with E-state index in [2.05, 4.69) is 5.32 Å². The first-order chi connectivity index (χ1) is 14.3. The van der Waals surface area contributed by atoms with Crippen molar-refractivity contribution < 1.29 is 33.0 Å². The van der Waals surface area contributed by atoms with E-state index in [9.17, 15) is 14.4 Å². The Bertz CT molecular complexity index is 813. The van der Waals surface area contributed by atoms with E-state index in [1.165, 1.54) is 7.11 Å². The van der Waals surface area contributed by atoms with Gasteiger partial charge in [-0.2, -0.15) is 0 Å². The van der Waals surface area contributed by atoms with Crippen LogP contribution in [0.25, 0.3) is 0 Å². The Kier molecular flexibility index (Phi) is 9.45. The zero-order chi connectivity index (χ0) is 23.8. The molecule has 0 aromatic heterocycles. The van der Waals surface area contributed by atoms with E-state index < -0.39 is 32.5 Å². The molecule has 8 nitrogen and oxygen atoms in total. The summed E-state index contributed by atoms with van der Waals surface area (Å²) >= 11 is 0.